The minimum absolute atomic E-state index is 0.864. The van der Waals surface area contributed by atoms with Crippen LogP contribution in [0.25, 0.3) is 0 Å². The molecule has 1 aliphatic carbocycles. The highest BCUT2D eigenvalue weighted by atomic mass is 35.5. The smallest absolute Gasteiger partial charge is 0.0642 e. The van der Waals surface area contributed by atoms with Crippen LogP contribution < -0.4 is 10.2 Å². The number of hydrogen-bond acceptors (Lipinski definition) is 2. The first-order chi connectivity index (χ1) is 9.76. The van der Waals surface area contributed by atoms with Gasteiger partial charge in [0.15, 0.2) is 0 Å². The predicted molar refractivity (Wildman–Crippen MR) is 88.7 cm³/mol. The van der Waals surface area contributed by atoms with Crippen molar-refractivity contribution >= 4 is 17.3 Å². The van der Waals surface area contributed by atoms with Crippen molar-refractivity contribution in [1.29, 1.82) is 0 Å². The number of halogens is 1. The molecule has 3 heteroatoms. The SMILES string of the molecule is CCCNCc1cccc(Cl)c1N(CC)CC1CCC1. The molecule has 1 fully saturated rings. The highest BCUT2D eigenvalue weighted by Crippen LogP contribution is 2.34. The van der Waals surface area contributed by atoms with Crippen LogP contribution >= 0.6 is 11.6 Å². The van der Waals surface area contributed by atoms with E-state index in [1.165, 1.54) is 30.5 Å². The summed E-state index contributed by atoms with van der Waals surface area (Å²) in [5.74, 6) is 0.864. The fraction of sp³-hybridized carbons (Fsp3) is 0.647. The Balaban J connectivity index is 2.12. The van der Waals surface area contributed by atoms with E-state index < -0.39 is 0 Å². The van der Waals surface area contributed by atoms with Gasteiger partial charge in [-0.05, 0) is 50.3 Å². The van der Waals surface area contributed by atoms with Gasteiger partial charge in [-0.15, -0.1) is 0 Å². The molecule has 0 bridgehead atoms. The summed E-state index contributed by atoms with van der Waals surface area (Å²) >= 11 is 6.49. The first-order valence-corrected chi connectivity index (χ1v) is 8.37. The van der Waals surface area contributed by atoms with E-state index >= 15 is 0 Å². The van der Waals surface area contributed by atoms with Crippen molar-refractivity contribution in [3.8, 4) is 0 Å². The Bertz CT molecular complexity index is 415. The zero-order valence-electron chi connectivity index (χ0n) is 12.8. The molecule has 1 N–H and O–H groups in total. The van der Waals surface area contributed by atoms with Gasteiger partial charge in [-0.25, -0.2) is 0 Å². The van der Waals surface area contributed by atoms with Crippen LogP contribution in [-0.2, 0) is 6.54 Å². The number of nitrogens with one attached hydrogen (secondary N) is 1. The average Bonchev–Trinajstić information content (AvgIpc) is 2.40. The number of para-hydroxylation sites is 1. The summed E-state index contributed by atoms with van der Waals surface area (Å²) in [5, 5.41) is 4.38. The second-order valence-electron chi connectivity index (χ2n) is 5.76. The molecule has 0 heterocycles. The normalized spacial score (nSPS) is 15.2. The highest BCUT2D eigenvalue weighted by Gasteiger charge is 2.22. The van der Waals surface area contributed by atoms with Gasteiger partial charge in [-0.3, -0.25) is 0 Å². The number of rotatable bonds is 8. The number of nitrogens with zero attached hydrogens (tertiary/aromatic N) is 1. The lowest BCUT2D eigenvalue weighted by molar-refractivity contribution is 0.318. The van der Waals surface area contributed by atoms with Gasteiger partial charge in [0.05, 0.1) is 10.7 Å². The Morgan fingerprint density at radius 2 is 2.10 bits per heavy atom. The largest absolute Gasteiger partial charge is 0.370 e. The molecule has 1 aliphatic rings. The molecule has 1 aromatic rings. The zero-order valence-corrected chi connectivity index (χ0v) is 13.5. The Hall–Kier alpha value is -0.730. The zero-order chi connectivity index (χ0) is 14.4. The third-order valence-electron chi connectivity index (χ3n) is 4.21. The maximum absolute atomic E-state index is 6.49. The quantitative estimate of drug-likeness (QED) is 0.712. The van der Waals surface area contributed by atoms with E-state index in [2.05, 4.69) is 36.2 Å². The minimum Gasteiger partial charge on any atom is -0.370 e. The summed E-state index contributed by atoms with van der Waals surface area (Å²) in [7, 11) is 0. The minimum atomic E-state index is 0.864. The maximum atomic E-state index is 6.49. The van der Waals surface area contributed by atoms with Crippen molar-refractivity contribution in [1.82, 2.24) is 5.32 Å². The molecule has 1 aromatic carbocycles. The van der Waals surface area contributed by atoms with Gasteiger partial charge < -0.3 is 10.2 Å². The van der Waals surface area contributed by atoms with Gasteiger partial charge in [-0.1, -0.05) is 37.1 Å². The van der Waals surface area contributed by atoms with Gasteiger partial charge in [0, 0.05) is 19.6 Å². The van der Waals surface area contributed by atoms with Crippen molar-refractivity contribution < 1.29 is 0 Å². The Kier molecular flexibility index (Phi) is 6.18. The van der Waals surface area contributed by atoms with Gasteiger partial charge in [0.1, 0.15) is 0 Å². The Morgan fingerprint density at radius 1 is 1.30 bits per heavy atom. The molecule has 0 amide bonds. The lowest BCUT2D eigenvalue weighted by Crippen LogP contribution is -2.33. The summed E-state index contributed by atoms with van der Waals surface area (Å²) in [4.78, 5) is 2.47. The topological polar surface area (TPSA) is 15.3 Å². The van der Waals surface area contributed by atoms with E-state index in [-0.39, 0.29) is 0 Å². The molecule has 2 nitrogen and oxygen atoms in total. The third-order valence-corrected chi connectivity index (χ3v) is 4.52. The van der Waals surface area contributed by atoms with Crippen molar-refractivity contribution in [2.45, 2.75) is 46.1 Å². The summed E-state index contributed by atoms with van der Waals surface area (Å²) < 4.78 is 0. The molecule has 0 aliphatic heterocycles. The molecule has 2 rings (SSSR count). The highest BCUT2D eigenvalue weighted by molar-refractivity contribution is 6.33. The standard InChI is InChI=1S/C17H27ClN2/c1-3-11-19-12-15-9-6-10-16(18)17(15)20(4-2)13-14-7-5-8-14/h6,9-10,14,19H,3-5,7-8,11-13H2,1-2H3. The van der Waals surface area contributed by atoms with Crippen molar-refractivity contribution in [3.05, 3.63) is 28.8 Å². The Morgan fingerprint density at radius 3 is 2.70 bits per heavy atom. The molecule has 112 valence electrons. The van der Waals surface area contributed by atoms with Crippen LogP contribution in [-0.4, -0.2) is 19.6 Å². The van der Waals surface area contributed by atoms with E-state index in [1.807, 2.05) is 6.07 Å². The summed E-state index contributed by atoms with van der Waals surface area (Å²) in [6.07, 6.45) is 5.32. The van der Waals surface area contributed by atoms with Crippen LogP contribution in [0.15, 0.2) is 18.2 Å². The van der Waals surface area contributed by atoms with E-state index in [4.69, 9.17) is 11.6 Å². The first-order valence-electron chi connectivity index (χ1n) is 7.99. The molecule has 0 saturated heterocycles. The van der Waals surface area contributed by atoms with Gasteiger partial charge in [0.25, 0.3) is 0 Å². The number of benzene rings is 1. The summed E-state index contributed by atoms with van der Waals surface area (Å²) in [6.45, 7) is 8.57. The van der Waals surface area contributed by atoms with Crippen LogP contribution in [0, 0.1) is 5.92 Å². The molecule has 0 unspecified atom stereocenters. The number of hydrogen-bond donors (Lipinski definition) is 1. The molecular formula is C17H27ClN2. The number of anilines is 1. The monoisotopic (exact) mass is 294 g/mol. The van der Waals surface area contributed by atoms with Crippen LogP contribution in [0.4, 0.5) is 5.69 Å². The first kappa shape index (κ1) is 15.7. The maximum Gasteiger partial charge on any atom is 0.0642 e. The Labute approximate surface area is 128 Å². The molecule has 0 radical (unpaired) electrons. The lowest BCUT2D eigenvalue weighted by atomic mass is 9.85. The van der Waals surface area contributed by atoms with Crippen LogP contribution in [0.2, 0.25) is 5.02 Å². The molecule has 0 spiro atoms. The van der Waals surface area contributed by atoms with E-state index in [1.54, 1.807) is 0 Å². The van der Waals surface area contributed by atoms with E-state index in [0.29, 0.717) is 0 Å². The van der Waals surface area contributed by atoms with Crippen LogP contribution in [0.3, 0.4) is 0 Å². The average molecular weight is 295 g/mol. The molecule has 20 heavy (non-hydrogen) atoms. The van der Waals surface area contributed by atoms with Gasteiger partial charge >= 0.3 is 0 Å². The second kappa shape index (κ2) is 7.90. The van der Waals surface area contributed by atoms with Crippen molar-refractivity contribution in [2.24, 2.45) is 5.92 Å². The van der Waals surface area contributed by atoms with E-state index in [0.717, 1.165) is 43.5 Å². The van der Waals surface area contributed by atoms with E-state index in [9.17, 15) is 0 Å². The molecule has 0 atom stereocenters. The van der Waals surface area contributed by atoms with Crippen LogP contribution in [0.1, 0.15) is 45.1 Å². The fourth-order valence-corrected chi connectivity index (χ4v) is 3.14. The summed E-state index contributed by atoms with van der Waals surface area (Å²) in [6, 6.07) is 6.28. The summed E-state index contributed by atoms with van der Waals surface area (Å²) in [5.41, 5.74) is 2.57. The van der Waals surface area contributed by atoms with Crippen molar-refractivity contribution in [3.63, 3.8) is 0 Å². The third kappa shape index (κ3) is 3.89. The van der Waals surface area contributed by atoms with Crippen LogP contribution in [0.5, 0.6) is 0 Å². The molecular weight excluding hydrogens is 268 g/mol. The lowest BCUT2D eigenvalue weighted by Gasteiger charge is -2.34. The molecule has 1 saturated carbocycles. The van der Waals surface area contributed by atoms with Gasteiger partial charge in [0.2, 0.25) is 0 Å². The van der Waals surface area contributed by atoms with Gasteiger partial charge in [-0.2, -0.15) is 0 Å². The molecule has 0 aromatic heterocycles. The second-order valence-corrected chi connectivity index (χ2v) is 6.17. The van der Waals surface area contributed by atoms with Crippen molar-refractivity contribution in [2.75, 3.05) is 24.5 Å². The fourth-order valence-electron chi connectivity index (χ4n) is 2.82. The predicted octanol–water partition coefficient (Wildman–Crippen LogP) is 4.47.